The molecule has 4 nitrogen and oxygen atoms in total. The van der Waals surface area contributed by atoms with E-state index in [0.29, 0.717) is 5.56 Å². The van der Waals surface area contributed by atoms with Crippen molar-refractivity contribution in [2.24, 2.45) is 5.92 Å². The third-order valence-electron chi connectivity index (χ3n) is 3.05. The van der Waals surface area contributed by atoms with Gasteiger partial charge in [0.05, 0.1) is 15.7 Å². The van der Waals surface area contributed by atoms with E-state index in [4.69, 9.17) is 5.11 Å². The number of aryl methyl sites for hydroxylation is 1. The van der Waals surface area contributed by atoms with Gasteiger partial charge in [0.25, 0.3) is 0 Å². The van der Waals surface area contributed by atoms with Crippen LogP contribution in [0.25, 0.3) is 6.08 Å². The maximum atomic E-state index is 12.2. The number of fused-ring (bicyclic) bond motifs is 1. The topological polar surface area (TPSA) is 71.4 Å². The smallest absolute Gasteiger partial charge is 0.306 e. The number of rotatable bonds is 3. The van der Waals surface area contributed by atoms with Crippen molar-refractivity contribution in [3.63, 3.8) is 0 Å². The van der Waals surface area contributed by atoms with Gasteiger partial charge in [-0.15, -0.1) is 0 Å². The normalized spacial score (nSPS) is 18.0. The van der Waals surface area contributed by atoms with Crippen molar-refractivity contribution in [2.75, 3.05) is 0 Å². The minimum Gasteiger partial charge on any atom is -0.481 e. The summed E-state index contributed by atoms with van der Waals surface area (Å²) in [6, 6.07) is 5.12. The summed E-state index contributed by atoms with van der Waals surface area (Å²) in [6.07, 6.45) is 1.61. The van der Waals surface area contributed by atoms with Crippen molar-refractivity contribution in [1.82, 2.24) is 0 Å². The molecule has 1 unspecified atom stereocenters. The molecule has 1 aromatic carbocycles. The first-order valence-corrected chi connectivity index (χ1v) is 7.10. The molecule has 0 spiro atoms. The zero-order chi connectivity index (χ0) is 13.5. The molecule has 1 aromatic rings. The summed E-state index contributed by atoms with van der Waals surface area (Å²) in [7, 11) is -3.49. The highest BCUT2D eigenvalue weighted by molar-refractivity contribution is 7.95. The molecule has 2 rings (SSSR count). The molecule has 0 aromatic heterocycles. The first-order valence-electron chi connectivity index (χ1n) is 5.61. The van der Waals surface area contributed by atoms with Gasteiger partial charge in [-0.2, -0.15) is 0 Å². The summed E-state index contributed by atoms with van der Waals surface area (Å²) in [5.74, 6) is -1.69. The van der Waals surface area contributed by atoms with Gasteiger partial charge < -0.3 is 5.11 Å². The molecule has 1 aliphatic rings. The average Bonchev–Trinajstić information content (AvgIpc) is 2.50. The highest BCUT2D eigenvalue weighted by atomic mass is 32.2. The first kappa shape index (κ1) is 12.8. The van der Waals surface area contributed by atoms with Crippen molar-refractivity contribution in [3.8, 4) is 0 Å². The fourth-order valence-electron chi connectivity index (χ4n) is 1.98. The van der Waals surface area contributed by atoms with Gasteiger partial charge in [0.2, 0.25) is 9.84 Å². The van der Waals surface area contributed by atoms with Gasteiger partial charge in [-0.25, -0.2) is 8.42 Å². The van der Waals surface area contributed by atoms with E-state index < -0.39 is 21.7 Å². The fourth-order valence-corrected chi connectivity index (χ4v) is 3.68. The molecule has 96 valence electrons. The van der Waals surface area contributed by atoms with E-state index in [9.17, 15) is 13.2 Å². The highest BCUT2D eigenvalue weighted by Gasteiger charge is 2.31. The number of carboxylic acids is 1. The van der Waals surface area contributed by atoms with Gasteiger partial charge in [0.15, 0.2) is 0 Å². The van der Waals surface area contributed by atoms with Crippen LogP contribution >= 0.6 is 0 Å². The summed E-state index contributed by atoms with van der Waals surface area (Å²) in [5, 5.41) is 8.85. The van der Waals surface area contributed by atoms with E-state index in [1.165, 1.54) is 6.92 Å². The molecule has 18 heavy (non-hydrogen) atoms. The van der Waals surface area contributed by atoms with Gasteiger partial charge in [-0.3, -0.25) is 4.79 Å². The second kappa shape index (κ2) is 4.24. The fraction of sp³-hybridized carbons (Fsp3) is 0.308. The zero-order valence-corrected chi connectivity index (χ0v) is 11.0. The summed E-state index contributed by atoms with van der Waals surface area (Å²) in [6.45, 7) is 3.39. The van der Waals surface area contributed by atoms with E-state index in [2.05, 4.69) is 0 Å². The van der Waals surface area contributed by atoms with Gasteiger partial charge in [-0.05, 0) is 31.1 Å². The summed E-state index contributed by atoms with van der Waals surface area (Å²) >= 11 is 0. The lowest BCUT2D eigenvalue weighted by Crippen LogP contribution is -2.12. The molecule has 5 heteroatoms. The molecule has 0 amide bonds. The third-order valence-corrected chi connectivity index (χ3v) is 4.97. The minimum absolute atomic E-state index is 0.0331. The van der Waals surface area contributed by atoms with Gasteiger partial charge in [-0.1, -0.05) is 24.6 Å². The molecule has 1 N–H and O–H groups in total. The van der Waals surface area contributed by atoms with Crippen LogP contribution in [0.4, 0.5) is 0 Å². The van der Waals surface area contributed by atoms with Crippen LogP contribution in [-0.4, -0.2) is 19.5 Å². The number of sulfone groups is 1. The number of carboxylic acid groups (broad SMARTS) is 1. The molecule has 1 atom stereocenters. The van der Waals surface area contributed by atoms with Crippen LogP contribution in [0.1, 0.15) is 24.5 Å². The maximum absolute atomic E-state index is 12.2. The lowest BCUT2D eigenvalue weighted by Gasteiger charge is -2.07. The van der Waals surface area contributed by atoms with Crippen molar-refractivity contribution in [1.29, 1.82) is 0 Å². The van der Waals surface area contributed by atoms with E-state index in [0.717, 1.165) is 5.56 Å². The van der Waals surface area contributed by atoms with E-state index in [-0.39, 0.29) is 16.2 Å². The molecular weight excluding hydrogens is 252 g/mol. The Morgan fingerprint density at radius 2 is 2.06 bits per heavy atom. The summed E-state index contributed by atoms with van der Waals surface area (Å²) in [5.41, 5.74) is 1.63. The van der Waals surface area contributed by atoms with E-state index in [1.807, 2.05) is 6.92 Å². The standard InChI is InChI=1S/C13H14O4S/c1-8-3-4-12-10(5-8)7-11(18(12,16)17)6-9(2)13(14)15/h3-5,7,9H,6H2,1-2H3,(H,14,15). The van der Waals surface area contributed by atoms with Crippen LogP contribution in [0.2, 0.25) is 0 Å². The van der Waals surface area contributed by atoms with Crippen molar-refractivity contribution in [3.05, 3.63) is 34.2 Å². The van der Waals surface area contributed by atoms with Gasteiger partial charge in [0, 0.05) is 0 Å². The largest absolute Gasteiger partial charge is 0.481 e. The van der Waals surface area contributed by atoms with Gasteiger partial charge in [0.1, 0.15) is 0 Å². The van der Waals surface area contributed by atoms with Crippen LogP contribution in [0.5, 0.6) is 0 Å². The number of hydrogen-bond donors (Lipinski definition) is 1. The summed E-state index contributed by atoms with van der Waals surface area (Å²) in [4.78, 5) is 11.3. The van der Waals surface area contributed by atoms with Crippen LogP contribution < -0.4 is 0 Å². The van der Waals surface area contributed by atoms with Crippen LogP contribution in [0.3, 0.4) is 0 Å². The van der Waals surface area contributed by atoms with Crippen LogP contribution in [0.15, 0.2) is 28.0 Å². The Hall–Kier alpha value is -1.62. The first-order chi connectivity index (χ1) is 8.32. The minimum atomic E-state index is -3.49. The number of aliphatic carboxylic acids is 1. The lowest BCUT2D eigenvalue weighted by molar-refractivity contribution is -0.141. The Morgan fingerprint density at radius 1 is 1.39 bits per heavy atom. The summed E-state index contributed by atoms with van der Waals surface area (Å²) < 4.78 is 24.4. The molecule has 0 radical (unpaired) electrons. The second-order valence-electron chi connectivity index (χ2n) is 4.60. The zero-order valence-electron chi connectivity index (χ0n) is 10.2. The second-order valence-corrected chi connectivity index (χ2v) is 6.57. The lowest BCUT2D eigenvalue weighted by atomic mass is 10.1. The number of carbonyl (C=O) groups is 1. The van der Waals surface area contributed by atoms with Crippen LogP contribution in [0, 0.1) is 12.8 Å². The Balaban J connectivity index is 2.42. The molecular formula is C13H14O4S. The van der Waals surface area contributed by atoms with E-state index >= 15 is 0 Å². The molecule has 0 saturated heterocycles. The monoisotopic (exact) mass is 266 g/mol. The number of benzene rings is 1. The van der Waals surface area contributed by atoms with Gasteiger partial charge >= 0.3 is 5.97 Å². The molecule has 0 aliphatic carbocycles. The Bertz CT molecular complexity index is 641. The quantitative estimate of drug-likeness (QED) is 0.910. The highest BCUT2D eigenvalue weighted by Crippen LogP contribution is 2.36. The Labute approximate surface area is 106 Å². The third kappa shape index (κ3) is 2.06. The molecule has 0 saturated carbocycles. The molecule has 0 bridgehead atoms. The number of hydrogen-bond acceptors (Lipinski definition) is 3. The van der Waals surface area contributed by atoms with Crippen molar-refractivity contribution >= 4 is 21.9 Å². The predicted octanol–water partition coefficient (Wildman–Crippen LogP) is 2.23. The van der Waals surface area contributed by atoms with E-state index in [1.54, 1.807) is 24.3 Å². The molecule has 1 heterocycles. The van der Waals surface area contributed by atoms with Crippen LogP contribution in [-0.2, 0) is 14.6 Å². The molecule has 1 aliphatic heterocycles. The Kier molecular flexibility index (Phi) is 3.02. The predicted molar refractivity (Wildman–Crippen MR) is 67.8 cm³/mol. The van der Waals surface area contributed by atoms with Crippen molar-refractivity contribution in [2.45, 2.75) is 25.2 Å². The average molecular weight is 266 g/mol. The Morgan fingerprint density at radius 3 is 2.67 bits per heavy atom. The number of allylic oxidation sites excluding steroid dienone is 1. The SMILES string of the molecule is Cc1ccc2c(c1)C=C(CC(C)C(=O)O)S2(=O)=O. The molecule has 0 fully saturated rings. The maximum Gasteiger partial charge on any atom is 0.306 e. The van der Waals surface area contributed by atoms with Crippen molar-refractivity contribution < 1.29 is 18.3 Å².